The van der Waals surface area contributed by atoms with Crippen molar-refractivity contribution in [1.29, 1.82) is 0 Å². The van der Waals surface area contributed by atoms with Crippen molar-refractivity contribution < 1.29 is 18.7 Å². The second-order valence-corrected chi connectivity index (χ2v) is 5.86. The molecule has 2 aromatic rings. The SMILES string of the molecule is COc1ccccc1NC(=O)C[C@@H]1N=C(N/N=C\c2ccc(F)cc2)NC1=O. The highest BCUT2D eigenvalue weighted by Crippen LogP contribution is 2.23. The van der Waals surface area contributed by atoms with Crippen LogP contribution in [-0.2, 0) is 9.59 Å². The number of carbonyl (C=O) groups excluding carboxylic acids is 2. The maximum absolute atomic E-state index is 12.9. The fourth-order valence-corrected chi connectivity index (χ4v) is 2.48. The van der Waals surface area contributed by atoms with E-state index in [0.717, 1.165) is 0 Å². The Hall–Kier alpha value is -3.75. The maximum atomic E-state index is 12.9. The molecule has 3 N–H and O–H groups in total. The van der Waals surface area contributed by atoms with Gasteiger partial charge in [-0.1, -0.05) is 24.3 Å². The Bertz CT molecular complexity index is 927. The molecule has 0 saturated carbocycles. The Morgan fingerprint density at radius 1 is 1.29 bits per heavy atom. The van der Waals surface area contributed by atoms with Gasteiger partial charge in [0.25, 0.3) is 5.91 Å². The number of halogens is 1. The van der Waals surface area contributed by atoms with Crippen LogP contribution in [-0.4, -0.2) is 37.1 Å². The van der Waals surface area contributed by atoms with E-state index in [4.69, 9.17) is 4.74 Å². The molecule has 0 radical (unpaired) electrons. The molecule has 2 amide bonds. The van der Waals surface area contributed by atoms with Crippen LogP contribution in [0.3, 0.4) is 0 Å². The Labute approximate surface area is 160 Å². The standard InChI is InChI=1S/C19H18FN5O3/c1-28-16-5-3-2-4-14(16)22-17(26)10-15-18(27)24-19(23-15)25-21-11-12-6-8-13(20)9-7-12/h2-9,11,15H,10H2,1H3,(H,22,26)(H2,23,24,25,27)/b21-11-/t15-/m0/s1. The molecular weight excluding hydrogens is 365 g/mol. The molecule has 0 spiro atoms. The highest BCUT2D eigenvalue weighted by molar-refractivity contribution is 6.07. The van der Waals surface area contributed by atoms with Gasteiger partial charge in [-0.15, -0.1) is 0 Å². The van der Waals surface area contributed by atoms with Crippen molar-refractivity contribution in [3.05, 3.63) is 59.9 Å². The topological polar surface area (TPSA) is 104 Å². The molecule has 2 aromatic carbocycles. The van der Waals surface area contributed by atoms with E-state index in [1.54, 1.807) is 36.4 Å². The van der Waals surface area contributed by atoms with Crippen LogP contribution in [0.1, 0.15) is 12.0 Å². The molecule has 1 aliphatic rings. The van der Waals surface area contributed by atoms with E-state index >= 15 is 0 Å². The van der Waals surface area contributed by atoms with Gasteiger partial charge in [0.2, 0.25) is 11.9 Å². The average molecular weight is 383 g/mol. The number of hydrogen-bond acceptors (Lipinski definition) is 6. The van der Waals surface area contributed by atoms with E-state index < -0.39 is 11.9 Å². The Morgan fingerprint density at radius 3 is 2.79 bits per heavy atom. The number of methoxy groups -OCH3 is 1. The van der Waals surface area contributed by atoms with E-state index in [1.165, 1.54) is 25.5 Å². The first-order valence-corrected chi connectivity index (χ1v) is 8.41. The van der Waals surface area contributed by atoms with Crippen molar-refractivity contribution in [2.75, 3.05) is 12.4 Å². The van der Waals surface area contributed by atoms with Crippen molar-refractivity contribution in [2.45, 2.75) is 12.5 Å². The number of carbonyl (C=O) groups is 2. The number of rotatable bonds is 6. The lowest BCUT2D eigenvalue weighted by Gasteiger charge is -2.10. The minimum Gasteiger partial charge on any atom is -0.495 e. The summed E-state index contributed by atoms with van der Waals surface area (Å²) in [6.45, 7) is 0. The molecule has 0 aliphatic carbocycles. The Morgan fingerprint density at radius 2 is 2.04 bits per heavy atom. The minimum absolute atomic E-state index is 0.128. The zero-order valence-corrected chi connectivity index (χ0v) is 15.0. The van der Waals surface area contributed by atoms with Crippen LogP contribution in [0.5, 0.6) is 5.75 Å². The molecule has 3 rings (SSSR count). The van der Waals surface area contributed by atoms with E-state index in [1.807, 2.05) is 0 Å². The first kappa shape index (κ1) is 19.0. The maximum Gasteiger partial charge on any atom is 0.252 e. The second-order valence-electron chi connectivity index (χ2n) is 5.86. The molecule has 0 fully saturated rings. The second kappa shape index (κ2) is 8.76. The van der Waals surface area contributed by atoms with E-state index in [-0.39, 0.29) is 24.1 Å². The van der Waals surface area contributed by atoms with Crippen LogP contribution < -0.4 is 20.8 Å². The highest BCUT2D eigenvalue weighted by atomic mass is 19.1. The summed E-state index contributed by atoms with van der Waals surface area (Å²) in [5.74, 6) is -0.461. The Kier molecular flexibility index (Phi) is 5.95. The van der Waals surface area contributed by atoms with Crippen LogP contribution in [0, 0.1) is 5.82 Å². The third-order valence-electron chi connectivity index (χ3n) is 3.84. The monoisotopic (exact) mass is 383 g/mol. The summed E-state index contributed by atoms with van der Waals surface area (Å²) in [5.41, 5.74) is 3.77. The molecule has 8 nitrogen and oxygen atoms in total. The molecule has 28 heavy (non-hydrogen) atoms. The molecule has 0 bridgehead atoms. The predicted octanol–water partition coefficient (Wildman–Crippen LogP) is 1.64. The van der Waals surface area contributed by atoms with Crippen LogP contribution in [0.2, 0.25) is 0 Å². The van der Waals surface area contributed by atoms with Gasteiger partial charge in [0, 0.05) is 0 Å². The van der Waals surface area contributed by atoms with Gasteiger partial charge >= 0.3 is 0 Å². The molecule has 1 atom stereocenters. The van der Waals surface area contributed by atoms with Gasteiger partial charge in [-0.05, 0) is 29.8 Å². The Balaban J connectivity index is 1.55. The van der Waals surface area contributed by atoms with Gasteiger partial charge in [0.15, 0.2) is 0 Å². The van der Waals surface area contributed by atoms with Gasteiger partial charge in [0.05, 0.1) is 25.4 Å². The van der Waals surface area contributed by atoms with E-state index in [0.29, 0.717) is 17.0 Å². The van der Waals surface area contributed by atoms with Crippen molar-refractivity contribution in [3.63, 3.8) is 0 Å². The quantitative estimate of drug-likeness (QED) is 0.521. The number of nitrogens with zero attached hydrogens (tertiary/aromatic N) is 2. The van der Waals surface area contributed by atoms with E-state index in [9.17, 15) is 14.0 Å². The molecule has 0 unspecified atom stereocenters. The first-order chi connectivity index (χ1) is 13.5. The minimum atomic E-state index is -0.863. The summed E-state index contributed by atoms with van der Waals surface area (Å²) in [7, 11) is 1.50. The van der Waals surface area contributed by atoms with Crippen molar-refractivity contribution in [1.82, 2.24) is 10.7 Å². The normalized spacial score (nSPS) is 15.9. The number of anilines is 1. The number of benzene rings is 2. The molecule has 144 valence electrons. The number of nitrogens with one attached hydrogen (secondary N) is 3. The number of aliphatic imine (C=N–C) groups is 1. The smallest absolute Gasteiger partial charge is 0.252 e. The third kappa shape index (κ3) is 4.91. The van der Waals surface area contributed by atoms with Gasteiger partial charge in [-0.25, -0.2) is 14.8 Å². The van der Waals surface area contributed by atoms with Gasteiger partial charge in [-0.2, -0.15) is 5.10 Å². The summed E-state index contributed by atoms with van der Waals surface area (Å²) >= 11 is 0. The number of hydrazone groups is 1. The van der Waals surface area contributed by atoms with Gasteiger partial charge in [0.1, 0.15) is 17.6 Å². The summed E-state index contributed by atoms with van der Waals surface area (Å²) in [4.78, 5) is 28.3. The summed E-state index contributed by atoms with van der Waals surface area (Å²) in [5, 5.41) is 9.14. The zero-order chi connectivity index (χ0) is 19.9. The number of amides is 2. The zero-order valence-electron chi connectivity index (χ0n) is 15.0. The fraction of sp³-hybridized carbons (Fsp3) is 0.158. The molecule has 9 heteroatoms. The molecule has 0 saturated heterocycles. The van der Waals surface area contributed by atoms with Crippen molar-refractivity contribution >= 4 is 29.7 Å². The largest absolute Gasteiger partial charge is 0.495 e. The van der Waals surface area contributed by atoms with Crippen LogP contribution in [0.25, 0.3) is 0 Å². The summed E-state index contributed by atoms with van der Waals surface area (Å²) in [6, 6.07) is 11.8. The lowest BCUT2D eigenvalue weighted by molar-refractivity contribution is -0.123. The molecular formula is C19H18FN5O3. The average Bonchev–Trinajstić information content (AvgIpc) is 3.03. The highest BCUT2D eigenvalue weighted by Gasteiger charge is 2.28. The first-order valence-electron chi connectivity index (χ1n) is 8.41. The van der Waals surface area contributed by atoms with Crippen molar-refractivity contribution in [2.24, 2.45) is 10.1 Å². The lowest BCUT2D eigenvalue weighted by Crippen LogP contribution is -2.35. The third-order valence-corrected chi connectivity index (χ3v) is 3.84. The van der Waals surface area contributed by atoms with Gasteiger partial charge < -0.3 is 10.1 Å². The lowest BCUT2D eigenvalue weighted by atomic mass is 10.2. The van der Waals surface area contributed by atoms with E-state index in [2.05, 4.69) is 26.2 Å². The predicted molar refractivity (Wildman–Crippen MR) is 103 cm³/mol. The fourth-order valence-electron chi connectivity index (χ4n) is 2.48. The molecule has 1 heterocycles. The number of hydrogen-bond donors (Lipinski definition) is 3. The summed E-state index contributed by atoms with van der Waals surface area (Å²) < 4.78 is 18.0. The van der Waals surface area contributed by atoms with Crippen LogP contribution >= 0.6 is 0 Å². The molecule has 0 aromatic heterocycles. The van der Waals surface area contributed by atoms with Crippen LogP contribution in [0.4, 0.5) is 10.1 Å². The molecule has 1 aliphatic heterocycles. The number of guanidine groups is 1. The van der Waals surface area contributed by atoms with Crippen molar-refractivity contribution in [3.8, 4) is 5.75 Å². The number of ether oxygens (including phenoxy) is 1. The summed E-state index contributed by atoms with van der Waals surface area (Å²) in [6.07, 6.45) is 1.33. The van der Waals surface area contributed by atoms with Gasteiger partial charge in [-0.3, -0.25) is 14.9 Å². The van der Waals surface area contributed by atoms with Crippen LogP contribution in [0.15, 0.2) is 58.6 Å². The number of para-hydroxylation sites is 2.